The fourth-order valence-electron chi connectivity index (χ4n) is 2.60. The largest absolute Gasteiger partial charge is 0.370 e. The molecule has 8 heteroatoms. The average molecular weight is 312 g/mol. The lowest BCUT2D eigenvalue weighted by Crippen LogP contribution is -2.65. The molecule has 0 amide bonds. The summed E-state index contributed by atoms with van der Waals surface area (Å²) >= 11 is 0. The topological polar surface area (TPSA) is 73.7 Å². The summed E-state index contributed by atoms with van der Waals surface area (Å²) in [5, 5.41) is 12.2. The number of hydrogen-bond donors (Lipinski definition) is 2. The van der Waals surface area contributed by atoms with Gasteiger partial charge in [0.15, 0.2) is 0 Å². The molecule has 2 heterocycles. The minimum Gasteiger partial charge on any atom is -0.370 e. The predicted molar refractivity (Wildman–Crippen MR) is 85.5 cm³/mol. The highest BCUT2D eigenvalue weighted by Gasteiger charge is 2.41. The van der Waals surface area contributed by atoms with Crippen LogP contribution in [0.25, 0.3) is 0 Å². The highest BCUT2D eigenvalue weighted by atomic mass is 16.7. The van der Waals surface area contributed by atoms with Crippen LogP contribution in [0.4, 0.5) is 0 Å². The van der Waals surface area contributed by atoms with Crippen LogP contribution in [0.3, 0.4) is 0 Å². The van der Waals surface area contributed by atoms with Crippen molar-refractivity contribution in [1.29, 1.82) is 0 Å². The molecule has 0 unspecified atom stereocenters. The summed E-state index contributed by atoms with van der Waals surface area (Å²) in [6.07, 6.45) is 3.26. The molecule has 126 valence electrons. The van der Waals surface area contributed by atoms with Gasteiger partial charge in [-0.25, -0.2) is 0 Å². The maximum atomic E-state index is 5.70. The summed E-state index contributed by atoms with van der Waals surface area (Å²) in [4.78, 5) is 11.4. The van der Waals surface area contributed by atoms with Gasteiger partial charge in [-0.3, -0.25) is 10.0 Å². The molecule has 2 N–H and O–H groups in total. The molecule has 2 aliphatic rings. The molecular weight excluding hydrogens is 284 g/mol. The third-order valence-electron chi connectivity index (χ3n) is 4.48. The number of hydrogen-bond acceptors (Lipinski definition) is 8. The number of amidine groups is 2. The highest BCUT2D eigenvalue weighted by Crippen LogP contribution is 2.24. The van der Waals surface area contributed by atoms with Gasteiger partial charge in [0, 0.05) is 39.8 Å². The smallest absolute Gasteiger partial charge is 0.230 e. The van der Waals surface area contributed by atoms with Crippen LogP contribution in [0, 0.1) is 0 Å². The first kappa shape index (κ1) is 16.8. The Morgan fingerprint density at radius 3 is 1.32 bits per heavy atom. The van der Waals surface area contributed by atoms with E-state index in [1.165, 1.54) is 0 Å². The van der Waals surface area contributed by atoms with E-state index in [9.17, 15) is 0 Å². The van der Waals surface area contributed by atoms with Gasteiger partial charge >= 0.3 is 0 Å². The summed E-state index contributed by atoms with van der Waals surface area (Å²) in [6.45, 7) is 8.26. The van der Waals surface area contributed by atoms with Gasteiger partial charge in [-0.05, 0) is 0 Å². The van der Waals surface area contributed by atoms with Crippen LogP contribution in [-0.2, 0) is 9.68 Å². The van der Waals surface area contributed by atoms with Crippen LogP contribution in [0.2, 0.25) is 0 Å². The number of rotatable bonds is 5. The van der Waals surface area contributed by atoms with E-state index >= 15 is 0 Å². The van der Waals surface area contributed by atoms with Gasteiger partial charge in [-0.1, -0.05) is 38.0 Å². The van der Waals surface area contributed by atoms with Crippen molar-refractivity contribution in [1.82, 2.24) is 20.9 Å². The standard InChI is InChI=1S/C14H28N6O2/c1-7-13(8-2)17-19(5)11(15-21-13)12-16-22-14(9-3,10-4)18-20(12)6/h17-18H,7-10H2,1-6H3. The SMILES string of the molecule is CCC1(CC)NN(C)C(C2=NOC(CC)(CC)NN2C)=NO1. The number of hydrazine groups is 2. The first-order chi connectivity index (χ1) is 10.4. The van der Waals surface area contributed by atoms with Crippen molar-refractivity contribution >= 4 is 11.7 Å². The zero-order valence-electron chi connectivity index (χ0n) is 14.4. The van der Waals surface area contributed by atoms with E-state index < -0.39 is 11.4 Å². The van der Waals surface area contributed by atoms with Gasteiger partial charge < -0.3 is 9.68 Å². The molecule has 0 radical (unpaired) electrons. The Labute approximate surface area is 132 Å². The van der Waals surface area contributed by atoms with Crippen molar-refractivity contribution < 1.29 is 9.68 Å². The summed E-state index contributed by atoms with van der Waals surface area (Å²) in [5.74, 6) is 1.15. The van der Waals surface area contributed by atoms with E-state index in [1.807, 2.05) is 24.1 Å². The molecule has 0 aromatic heterocycles. The lowest BCUT2D eigenvalue weighted by Gasteiger charge is -2.43. The molecule has 0 fully saturated rings. The molecule has 0 aliphatic carbocycles. The van der Waals surface area contributed by atoms with Crippen molar-refractivity contribution in [2.45, 2.75) is 64.8 Å². The van der Waals surface area contributed by atoms with Gasteiger partial charge in [-0.2, -0.15) is 10.9 Å². The fraction of sp³-hybridized carbons (Fsp3) is 0.857. The summed E-state index contributed by atoms with van der Waals surface area (Å²) in [6, 6.07) is 0. The third-order valence-corrected chi connectivity index (χ3v) is 4.48. The van der Waals surface area contributed by atoms with E-state index in [0.717, 1.165) is 25.7 Å². The van der Waals surface area contributed by atoms with Crippen LogP contribution < -0.4 is 10.9 Å². The molecule has 0 aromatic rings. The van der Waals surface area contributed by atoms with Crippen LogP contribution in [0.1, 0.15) is 53.4 Å². The van der Waals surface area contributed by atoms with Crippen LogP contribution >= 0.6 is 0 Å². The second kappa shape index (κ2) is 6.29. The Hall–Kier alpha value is -1.54. The van der Waals surface area contributed by atoms with E-state index in [0.29, 0.717) is 11.7 Å². The molecule has 0 spiro atoms. The Bertz CT molecular complexity index is 414. The minimum atomic E-state index is -0.461. The molecule has 2 rings (SSSR count). The van der Waals surface area contributed by atoms with Crippen LogP contribution in [0.15, 0.2) is 10.3 Å². The van der Waals surface area contributed by atoms with Crippen molar-refractivity contribution in [3.63, 3.8) is 0 Å². The van der Waals surface area contributed by atoms with Gasteiger partial charge in [0.25, 0.3) is 0 Å². The maximum Gasteiger partial charge on any atom is 0.230 e. The first-order valence-corrected chi connectivity index (χ1v) is 8.00. The minimum absolute atomic E-state index is 0.461. The lowest BCUT2D eigenvalue weighted by atomic mass is 10.1. The van der Waals surface area contributed by atoms with E-state index in [4.69, 9.17) is 9.68 Å². The molecule has 2 aliphatic heterocycles. The molecule has 0 saturated heterocycles. The monoisotopic (exact) mass is 312 g/mol. The number of nitrogens with zero attached hydrogens (tertiary/aromatic N) is 4. The van der Waals surface area contributed by atoms with Crippen molar-refractivity contribution in [2.24, 2.45) is 10.3 Å². The van der Waals surface area contributed by atoms with Gasteiger partial charge in [0.2, 0.25) is 23.1 Å². The second-order valence-corrected chi connectivity index (χ2v) is 5.76. The summed E-state index contributed by atoms with van der Waals surface area (Å²) in [5.41, 5.74) is 5.75. The normalized spacial score (nSPS) is 23.4. The molecule has 0 atom stereocenters. The number of nitrogens with one attached hydrogen (secondary N) is 2. The van der Waals surface area contributed by atoms with E-state index in [1.54, 1.807) is 0 Å². The van der Waals surface area contributed by atoms with Gasteiger partial charge in [-0.15, -0.1) is 0 Å². The summed E-state index contributed by atoms with van der Waals surface area (Å²) < 4.78 is 0. The van der Waals surface area contributed by atoms with Crippen LogP contribution in [-0.4, -0.2) is 47.2 Å². The van der Waals surface area contributed by atoms with E-state index in [-0.39, 0.29) is 0 Å². The molecule has 0 bridgehead atoms. The quantitative estimate of drug-likeness (QED) is 0.803. The first-order valence-electron chi connectivity index (χ1n) is 8.00. The third kappa shape index (κ3) is 2.85. The Balaban J connectivity index is 2.22. The van der Waals surface area contributed by atoms with Crippen molar-refractivity contribution in [2.75, 3.05) is 14.1 Å². The second-order valence-electron chi connectivity index (χ2n) is 5.76. The van der Waals surface area contributed by atoms with Crippen LogP contribution in [0.5, 0.6) is 0 Å². The molecule has 8 nitrogen and oxygen atoms in total. The molecule has 22 heavy (non-hydrogen) atoms. The maximum absolute atomic E-state index is 5.70. The van der Waals surface area contributed by atoms with E-state index in [2.05, 4.69) is 48.9 Å². The van der Waals surface area contributed by atoms with Gasteiger partial charge in [0.05, 0.1) is 0 Å². The Kier molecular flexibility index (Phi) is 4.81. The zero-order chi connectivity index (χ0) is 16.4. The number of oxime groups is 2. The fourth-order valence-corrected chi connectivity index (χ4v) is 2.60. The van der Waals surface area contributed by atoms with Crippen molar-refractivity contribution in [3.05, 3.63) is 0 Å². The molecular formula is C14H28N6O2. The summed E-state index contributed by atoms with van der Waals surface area (Å²) in [7, 11) is 3.80. The average Bonchev–Trinajstić information content (AvgIpc) is 2.55. The number of likely N-dealkylation sites (N-methyl/N-ethyl adjacent to an activating group) is 2. The lowest BCUT2D eigenvalue weighted by molar-refractivity contribution is -0.128. The Morgan fingerprint density at radius 1 is 0.773 bits per heavy atom. The predicted octanol–water partition coefficient (Wildman–Crippen LogP) is 1.58. The molecule has 0 saturated carbocycles. The zero-order valence-corrected chi connectivity index (χ0v) is 14.4. The highest BCUT2D eigenvalue weighted by molar-refractivity contribution is 6.39. The van der Waals surface area contributed by atoms with Crippen molar-refractivity contribution in [3.8, 4) is 0 Å². The molecule has 0 aromatic carbocycles. The van der Waals surface area contributed by atoms with Gasteiger partial charge in [0.1, 0.15) is 0 Å². The Morgan fingerprint density at radius 2 is 1.09 bits per heavy atom.